The zero-order valence-electron chi connectivity index (χ0n) is 16.8. The molecule has 0 radical (unpaired) electrons. The second-order valence-corrected chi connectivity index (χ2v) is 7.85. The van der Waals surface area contributed by atoms with Gasteiger partial charge in [-0.05, 0) is 32.1 Å². The average Bonchev–Trinajstić information content (AvgIpc) is 3.04. The van der Waals surface area contributed by atoms with Gasteiger partial charge < -0.3 is 4.74 Å². The maximum Gasteiger partial charge on any atom is 0.338 e. The van der Waals surface area contributed by atoms with Gasteiger partial charge in [-0.15, -0.1) is 0 Å². The molecule has 0 amide bonds. The molecule has 158 valence electrons. The molecule has 0 bridgehead atoms. The van der Waals surface area contributed by atoms with Crippen molar-refractivity contribution in [3.05, 3.63) is 102 Å². The second-order valence-electron chi connectivity index (χ2n) is 6.85. The van der Waals surface area contributed by atoms with E-state index in [1.54, 1.807) is 38.1 Å². The van der Waals surface area contributed by atoms with Crippen LogP contribution >= 0.6 is 11.3 Å². The number of aromatic nitrogens is 1. The Balaban J connectivity index is 2.00. The van der Waals surface area contributed by atoms with Crippen molar-refractivity contribution < 1.29 is 18.3 Å². The number of rotatable bonds is 4. The first-order chi connectivity index (χ1) is 14.9. The SMILES string of the molecule is CCOC(=O)C1=C(C)N=c2sc(=Cc3ccccc3F)c(=O)n2C1c1ccccc1F. The molecule has 0 aliphatic carbocycles. The van der Waals surface area contributed by atoms with E-state index in [2.05, 4.69) is 4.99 Å². The Labute approximate surface area is 180 Å². The van der Waals surface area contributed by atoms with Crippen LogP contribution in [-0.4, -0.2) is 17.1 Å². The largest absolute Gasteiger partial charge is 0.463 e. The smallest absolute Gasteiger partial charge is 0.338 e. The van der Waals surface area contributed by atoms with Crippen LogP contribution in [0.15, 0.2) is 69.6 Å². The van der Waals surface area contributed by atoms with Crippen LogP contribution in [0.1, 0.15) is 31.0 Å². The maximum atomic E-state index is 14.8. The van der Waals surface area contributed by atoms with Gasteiger partial charge in [0.15, 0.2) is 4.80 Å². The number of benzene rings is 2. The highest BCUT2D eigenvalue weighted by Gasteiger charge is 2.34. The zero-order valence-corrected chi connectivity index (χ0v) is 17.6. The van der Waals surface area contributed by atoms with Crippen molar-refractivity contribution in [2.75, 3.05) is 6.61 Å². The normalized spacial score (nSPS) is 16.1. The van der Waals surface area contributed by atoms with E-state index >= 15 is 0 Å². The van der Waals surface area contributed by atoms with E-state index in [4.69, 9.17) is 4.74 Å². The molecule has 0 saturated heterocycles. The fraction of sp³-hybridized carbons (Fsp3) is 0.174. The van der Waals surface area contributed by atoms with Crippen molar-refractivity contribution in [2.24, 2.45) is 4.99 Å². The number of carbonyl (C=O) groups is 1. The third-order valence-corrected chi connectivity index (χ3v) is 5.89. The number of fused-ring (bicyclic) bond motifs is 1. The third kappa shape index (κ3) is 3.74. The van der Waals surface area contributed by atoms with Crippen LogP contribution in [0.5, 0.6) is 0 Å². The maximum absolute atomic E-state index is 14.8. The van der Waals surface area contributed by atoms with Gasteiger partial charge in [0, 0.05) is 11.1 Å². The molecule has 4 rings (SSSR count). The summed E-state index contributed by atoms with van der Waals surface area (Å²) in [6.45, 7) is 3.40. The summed E-state index contributed by atoms with van der Waals surface area (Å²) in [7, 11) is 0. The van der Waals surface area contributed by atoms with Crippen LogP contribution in [0.3, 0.4) is 0 Å². The van der Waals surface area contributed by atoms with Crippen molar-refractivity contribution in [3.63, 3.8) is 0 Å². The molecule has 31 heavy (non-hydrogen) atoms. The highest BCUT2D eigenvalue weighted by atomic mass is 32.1. The molecular formula is C23H18F2N2O3S. The zero-order chi connectivity index (χ0) is 22.1. The van der Waals surface area contributed by atoms with E-state index in [0.29, 0.717) is 10.5 Å². The predicted octanol–water partition coefficient (Wildman–Crippen LogP) is 3.08. The van der Waals surface area contributed by atoms with Crippen molar-refractivity contribution in [3.8, 4) is 0 Å². The highest BCUT2D eigenvalue weighted by Crippen LogP contribution is 2.32. The monoisotopic (exact) mass is 440 g/mol. The molecular weight excluding hydrogens is 422 g/mol. The standard InChI is InChI=1S/C23H18F2N2O3S/c1-3-30-22(29)19-13(2)26-23-27(20(19)15-9-5-7-11-17(15)25)21(28)18(31-23)12-14-8-4-6-10-16(14)24/h4-12,20H,3H2,1-2H3. The summed E-state index contributed by atoms with van der Waals surface area (Å²) in [6.07, 6.45) is 1.43. The number of thiazole rings is 1. The number of hydrogen-bond donors (Lipinski definition) is 0. The van der Waals surface area contributed by atoms with Crippen LogP contribution in [-0.2, 0) is 9.53 Å². The summed E-state index contributed by atoms with van der Waals surface area (Å²) in [5.41, 5.74) is 0.340. The molecule has 1 aliphatic rings. The van der Waals surface area contributed by atoms with Gasteiger partial charge in [-0.2, -0.15) is 0 Å². The molecule has 3 aromatic rings. The molecule has 8 heteroatoms. The molecule has 0 saturated carbocycles. The molecule has 0 N–H and O–H groups in total. The van der Waals surface area contributed by atoms with Crippen LogP contribution in [0, 0.1) is 11.6 Å². The van der Waals surface area contributed by atoms with Gasteiger partial charge in [0.2, 0.25) is 0 Å². The molecule has 1 aromatic heterocycles. The lowest BCUT2D eigenvalue weighted by molar-refractivity contribution is -0.139. The summed E-state index contributed by atoms with van der Waals surface area (Å²) < 4.78 is 35.6. The van der Waals surface area contributed by atoms with Gasteiger partial charge in [-0.1, -0.05) is 47.7 Å². The topological polar surface area (TPSA) is 60.7 Å². The van der Waals surface area contributed by atoms with Gasteiger partial charge >= 0.3 is 5.97 Å². The van der Waals surface area contributed by atoms with Crippen LogP contribution in [0.2, 0.25) is 0 Å². The number of halogens is 2. The average molecular weight is 440 g/mol. The quantitative estimate of drug-likeness (QED) is 0.586. The summed E-state index contributed by atoms with van der Waals surface area (Å²) in [6, 6.07) is 11.0. The number of hydrogen-bond acceptors (Lipinski definition) is 5. The number of ether oxygens (including phenoxy) is 1. The van der Waals surface area contributed by atoms with Crippen LogP contribution in [0.4, 0.5) is 8.78 Å². The van der Waals surface area contributed by atoms with Gasteiger partial charge in [0.05, 0.1) is 22.4 Å². The Bertz CT molecular complexity index is 1390. The fourth-order valence-electron chi connectivity index (χ4n) is 3.52. The minimum Gasteiger partial charge on any atom is -0.463 e. The van der Waals surface area contributed by atoms with Crippen molar-refractivity contribution in [1.82, 2.24) is 4.57 Å². The molecule has 0 fully saturated rings. The molecule has 2 heterocycles. The van der Waals surface area contributed by atoms with Crippen LogP contribution < -0.4 is 14.9 Å². The number of carbonyl (C=O) groups excluding carboxylic acids is 1. The first-order valence-corrected chi connectivity index (χ1v) is 10.4. The van der Waals surface area contributed by atoms with E-state index in [1.165, 1.54) is 34.9 Å². The van der Waals surface area contributed by atoms with Gasteiger partial charge in [0.1, 0.15) is 17.7 Å². The summed E-state index contributed by atoms with van der Waals surface area (Å²) >= 11 is 1.05. The minimum atomic E-state index is -1.04. The third-order valence-electron chi connectivity index (χ3n) is 4.91. The number of esters is 1. The van der Waals surface area contributed by atoms with Gasteiger partial charge in [-0.3, -0.25) is 9.36 Å². The lowest BCUT2D eigenvalue weighted by Gasteiger charge is -2.24. The molecule has 1 atom stereocenters. The lowest BCUT2D eigenvalue weighted by Crippen LogP contribution is -2.40. The first kappa shape index (κ1) is 20.9. The van der Waals surface area contributed by atoms with E-state index < -0.39 is 29.2 Å². The molecule has 5 nitrogen and oxygen atoms in total. The number of nitrogens with zero attached hydrogens (tertiary/aromatic N) is 2. The Morgan fingerprint density at radius 1 is 1.16 bits per heavy atom. The summed E-state index contributed by atoms with van der Waals surface area (Å²) in [4.78, 5) is 30.8. The molecule has 2 aromatic carbocycles. The molecule has 1 aliphatic heterocycles. The van der Waals surface area contributed by atoms with Crippen molar-refractivity contribution in [2.45, 2.75) is 19.9 Å². The Kier molecular flexibility index (Phi) is 5.65. The van der Waals surface area contributed by atoms with Crippen molar-refractivity contribution in [1.29, 1.82) is 0 Å². The second kappa shape index (κ2) is 8.39. The van der Waals surface area contributed by atoms with Gasteiger partial charge in [-0.25, -0.2) is 18.6 Å². The van der Waals surface area contributed by atoms with E-state index in [1.807, 2.05) is 0 Å². The van der Waals surface area contributed by atoms with Crippen molar-refractivity contribution >= 4 is 23.4 Å². The summed E-state index contributed by atoms with van der Waals surface area (Å²) in [5, 5.41) is 0. The lowest BCUT2D eigenvalue weighted by atomic mass is 9.95. The van der Waals surface area contributed by atoms with Crippen LogP contribution in [0.25, 0.3) is 6.08 Å². The minimum absolute atomic E-state index is 0.0943. The number of allylic oxidation sites excluding steroid dienone is 1. The van der Waals surface area contributed by atoms with E-state index in [9.17, 15) is 18.4 Å². The predicted molar refractivity (Wildman–Crippen MR) is 113 cm³/mol. The fourth-order valence-corrected chi connectivity index (χ4v) is 4.55. The summed E-state index contributed by atoms with van der Waals surface area (Å²) in [5.74, 6) is -1.70. The highest BCUT2D eigenvalue weighted by molar-refractivity contribution is 7.07. The van der Waals surface area contributed by atoms with Gasteiger partial charge in [0.25, 0.3) is 5.56 Å². The Hall–Kier alpha value is -3.39. The Morgan fingerprint density at radius 3 is 2.52 bits per heavy atom. The first-order valence-electron chi connectivity index (χ1n) is 9.61. The van der Waals surface area contributed by atoms with E-state index in [0.717, 1.165) is 11.3 Å². The Morgan fingerprint density at radius 2 is 1.84 bits per heavy atom. The molecule has 0 spiro atoms. The molecule has 1 unspecified atom stereocenters. The van der Waals surface area contributed by atoms with E-state index in [-0.39, 0.29) is 27.8 Å².